The Morgan fingerprint density at radius 1 is 1.16 bits per heavy atom. The van der Waals surface area contributed by atoms with Crippen LogP contribution < -0.4 is 0 Å². The molecule has 17 heteroatoms. The molecular formula is C8H19BFO12P3. The van der Waals surface area contributed by atoms with E-state index in [0.717, 1.165) is 13.8 Å². The minimum absolute atomic E-state index is 0.262. The zero-order valence-electron chi connectivity index (χ0n) is 13.4. The Morgan fingerprint density at radius 2 is 1.72 bits per heavy atom. The van der Waals surface area contributed by atoms with Crippen LogP contribution in [0.15, 0.2) is 0 Å². The molecule has 1 aliphatic heterocycles. The summed E-state index contributed by atoms with van der Waals surface area (Å²) in [5.41, 5.74) is 0. The summed E-state index contributed by atoms with van der Waals surface area (Å²) in [7, 11) is -14.7. The zero-order valence-corrected chi connectivity index (χ0v) is 16.1. The molecule has 0 bridgehead atoms. The number of ether oxygens (including phenoxy) is 2. The summed E-state index contributed by atoms with van der Waals surface area (Å²) in [5, 5.41) is 0. The molecule has 0 aliphatic carbocycles. The third-order valence-corrected chi connectivity index (χ3v) is 6.44. The Balaban J connectivity index is 2.66. The average Bonchev–Trinajstić information content (AvgIpc) is 2.59. The van der Waals surface area contributed by atoms with E-state index in [4.69, 9.17) is 24.2 Å². The second kappa shape index (κ2) is 8.14. The number of hydrogen-bond acceptors (Lipinski definition) is 8. The molecule has 1 saturated heterocycles. The van der Waals surface area contributed by atoms with Crippen molar-refractivity contribution in [3.8, 4) is 0 Å². The van der Waals surface area contributed by atoms with Crippen molar-refractivity contribution in [1.82, 2.24) is 0 Å². The van der Waals surface area contributed by atoms with Gasteiger partial charge in [-0.3, -0.25) is 4.52 Å². The molecule has 1 rings (SSSR count). The first-order valence-electron chi connectivity index (χ1n) is 6.78. The van der Waals surface area contributed by atoms with E-state index < -0.39 is 48.1 Å². The van der Waals surface area contributed by atoms with Crippen molar-refractivity contribution in [2.24, 2.45) is 0 Å². The molecule has 0 radical (unpaired) electrons. The Bertz CT molecular complexity index is 604. The van der Waals surface area contributed by atoms with Gasteiger partial charge in [-0.15, -0.1) is 0 Å². The lowest BCUT2D eigenvalue weighted by Gasteiger charge is -2.25. The third-order valence-electron chi connectivity index (χ3n) is 2.64. The summed E-state index contributed by atoms with van der Waals surface area (Å²) >= 11 is 0. The highest BCUT2D eigenvalue weighted by Gasteiger charge is 2.43. The zero-order chi connectivity index (χ0) is 19.7. The van der Waals surface area contributed by atoms with Crippen LogP contribution in [0.1, 0.15) is 20.3 Å². The first-order chi connectivity index (χ1) is 11.0. The summed E-state index contributed by atoms with van der Waals surface area (Å²) in [6.07, 6.45) is -1.56. The first-order valence-corrected chi connectivity index (χ1v) is 11.3. The minimum Gasteiger partial charge on any atom is -0.379 e. The monoisotopic (exact) mass is 430 g/mol. The molecule has 0 aromatic rings. The second-order valence-corrected chi connectivity index (χ2v) is 10.0. The van der Waals surface area contributed by atoms with Gasteiger partial charge in [0.2, 0.25) is 5.85 Å². The first kappa shape index (κ1) is 23.4. The summed E-state index contributed by atoms with van der Waals surface area (Å²) in [6, 6.07) is -0.373. The van der Waals surface area contributed by atoms with Crippen LogP contribution in [0, 0.1) is 0 Å². The normalized spacial score (nSPS) is 30.0. The van der Waals surface area contributed by atoms with Gasteiger partial charge in [0.05, 0.1) is 12.7 Å². The molecule has 25 heavy (non-hydrogen) atoms. The van der Waals surface area contributed by atoms with Gasteiger partial charge in [-0.25, -0.2) is 18.1 Å². The summed E-state index contributed by atoms with van der Waals surface area (Å²) < 4.78 is 68.9. The number of halogens is 1. The van der Waals surface area contributed by atoms with Crippen molar-refractivity contribution in [3.05, 3.63) is 0 Å². The Hall–Kier alpha value is 0.325. The van der Waals surface area contributed by atoms with Crippen LogP contribution in [-0.4, -0.2) is 58.1 Å². The highest BCUT2D eigenvalue weighted by Crippen LogP contribution is 2.66. The van der Waals surface area contributed by atoms with E-state index in [-0.39, 0.29) is 12.4 Å². The number of rotatable bonds is 9. The Morgan fingerprint density at radius 3 is 2.20 bits per heavy atom. The molecule has 148 valence electrons. The Labute approximate surface area is 143 Å². The predicted molar refractivity (Wildman–Crippen MR) is 81.7 cm³/mol. The van der Waals surface area contributed by atoms with Crippen LogP contribution in [0.25, 0.3) is 0 Å². The predicted octanol–water partition coefficient (Wildman–Crippen LogP) is 0.169. The SMILES string of the molecule is B[C@H]1CC(OC(C)(C)F)[C@@H](COP(=O)(O)OP(=O)(O)OP(=O)(O)O)O1. The van der Waals surface area contributed by atoms with E-state index in [1.165, 1.54) is 0 Å². The molecule has 0 amide bonds. The molecule has 5 atom stereocenters. The van der Waals surface area contributed by atoms with Crippen LogP contribution in [0.3, 0.4) is 0 Å². The van der Waals surface area contributed by atoms with E-state index in [0.29, 0.717) is 0 Å². The number of phosphoric acid groups is 3. The fourth-order valence-corrected chi connectivity index (χ4v) is 5.05. The van der Waals surface area contributed by atoms with Crippen molar-refractivity contribution in [2.75, 3.05) is 6.61 Å². The quantitative estimate of drug-likeness (QED) is 0.288. The van der Waals surface area contributed by atoms with Gasteiger partial charge in [-0.05, 0) is 20.3 Å². The van der Waals surface area contributed by atoms with Gasteiger partial charge < -0.3 is 29.0 Å². The van der Waals surface area contributed by atoms with E-state index >= 15 is 0 Å². The molecule has 0 aromatic carbocycles. The Kier molecular flexibility index (Phi) is 7.61. The fourth-order valence-electron chi connectivity index (χ4n) is 2.02. The lowest BCUT2D eigenvalue weighted by Crippen LogP contribution is -2.34. The van der Waals surface area contributed by atoms with E-state index in [9.17, 15) is 23.0 Å². The van der Waals surface area contributed by atoms with Crippen LogP contribution in [0.5, 0.6) is 0 Å². The minimum atomic E-state index is -5.59. The van der Waals surface area contributed by atoms with Crippen LogP contribution >= 0.6 is 23.5 Å². The van der Waals surface area contributed by atoms with Gasteiger partial charge in [0.1, 0.15) is 14.0 Å². The number of hydrogen-bond donors (Lipinski definition) is 4. The van der Waals surface area contributed by atoms with Crippen LogP contribution in [-0.2, 0) is 36.3 Å². The summed E-state index contributed by atoms with van der Waals surface area (Å²) in [6.45, 7) is 1.61. The van der Waals surface area contributed by atoms with Gasteiger partial charge in [-0.1, -0.05) is 0 Å². The highest BCUT2D eigenvalue weighted by atomic mass is 31.3. The molecule has 1 fully saturated rings. The van der Waals surface area contributed by atoms with Gasteiger partial charge in [-0.2, -0.15) is 8.62 Å². The van der Waals surface area contributed by atoms with Gasteiger partial charge in [0.15, 0.2) is 0 Å². The number of phosphoric ester groups is 1. The van der Waals surface area contributed by atoms with Crippen LogP contribution in [0.4, 0.5) is 4.39 Å². The molecule has 3 unspecified atom stereocenters. The van der Waals surface area contributed by atoms with Crippen LogP contribution in [0.2, 0.25) is 0 Å². The number of alkyl halides is 1. The summed E-state index contributed by atoms with van der Waals surface area (Å²) in [5.74, 6) is -2.01. The van der Waals surface area contributed by atoms with Crippen molar-refractivity contribution >= 4 is 31.3 Å². The van der Waals surface area contributed by atoms with Gasteiger partial charge in [0.25, 0.3) is 0 Å². The van der Waals surface area contributed by atoms with E-state index in [1.54, 1.807) is 7.85 Å². The third kappa shape index (κ3) is 9.72. The van der Waals surface area contributed by atoms with Crippen molar-refractivity contribution in [3.63, 3.8) is 0 Å². The molecule has 1 heterocycles. The molecule has 12 nitrogen and oxygen atoms in total. The highest BCUT2D eigenvalue weighted by molar-refractivity contribution is 7.66. The van der Waals surface area contributed by atoms with Crippen molar-refractivity contribution in [2.45, 2.75) is 44.3 Å². The summed E-state index contributed by atoms with van der Waals surface area (Å²) in [4.78, 5) is 35.2. The topological polar surface area (TPSA) is 178 Å². The second-order valence-electron chi connectivity index (χ2n) is 5.63. The molecule has 0 aromatic heterocycles. The van der Waals surface area contributed by atoms with E-state index in [1.807, 2.05) is 0 Å². The van der Waals surface area contributed by atoms with Crippen molar-refractivity contribution in [1.29, 1.82) is 0 Å². The lowest BCUT2D eigenvalue weighted by atomic mass is 9.96. The molecule has 4 N–H and O–H groups in total. The van der Waals surface area contributed by atoms with Gasteiger partial charge in [0, 0.05) is 6.00 Å². The fraction of sp³-hybridized carbons (Fsp3) is 1.00. The average molecular weight is 430 g/mol. The maximum absolute atomic E-state index is 13.6. The maximum atomic E-state index is 13.6. The van der Waals surface area contributed by atoms with Crippen molar-refractivity contribution < 1.29 is 60.3 Å². The maximum Gasteiger partial charge on any atom is 0.490 e. The van der Waals surface area contributed by atoms with Gasteiger partial charge >= 0.3 is 23.5 Å². The van der Waals surface area contributed by atoms with E-state index in [2.05, 4.69) is 13.1 Å². The molecule has 0 spiro atoms. The molecule has 0 saturated carbocycles. The lowest BCUT2D eigenvalue weighted by molar-refractivity contribution is -0.170. The molecular weight excluding hydrogens is 411 g/mol. The molecule has 1 aliphatic rings. The smallest absolute Gasteiger partial charge is 0.379 e. The largest absolute Gasteiger partial charge is 0.490 e. The standard InChI is InChI=1S/C8H19BFO12P3/c1-8(2,10)20-5-3-7(9)19-6(5)4-18-24(14,15)22-25(16,17)21-23(11,12)13/h5-7H,3-4,9H2,1-2H3,(H,14,15)(H,16,17)(H2,11,12,13)/t5?,6-,7-/m1/s1.